The van der Waals surface area contributed by atoms with Gasteiger partial charge in [-0.3, -0.25) is 9.78 Å². The van der Waals surface area contributed by atoms with Crippen molar-refractivity contribution >= 4 is 17.5 Å². The number of amides is 1. The lowest BCUT2D eigenvalue weighted by atomic mass is 9.81. The van der Waals surface area contributed by atoms with E-state index in [-0.39, 0.29) is 5.91 Å². The van der Waals surface area contributed by atoms with Crippen LogP contribution >= 0.6 is 11.6 Å². The summed E-state index contributed by atoms with van der Waals surface area (Å²) >= 11 is 5.98. The van der Waals surface area contributed by atoms with E-state index in [0.717, 1.165) is 12.5 Å². The van der Waals surface area contributed by atoms with E-state index >= 15 is 0 Å². The van der Waals surface area contributed by atoms with E-state index in [0.29, 0.717) is 16.5 Å². The normalized spacial score (nSPS) is 23.1. The van der Waals surface area contributed by atoms with E-state index in [1.54, 1.807) is 12.3 Å². The minimum atomic E-state index is -0.115. The highest BCUT2D eigenvalue weighted by Crippen LogP contribution is 2.30. The fourth-order valence-electron chi connectivity index (χ4n) is 2.72. The van der Waals surface area contributed by atoms with Crippen LogP contribution in [-0.2, 0) is 0 Å². The zero-order chi connectivity index (χ0) is 13.7. The molecule has 0 aromatic carbocycles. The van der Waals surface area contributed by atoms with Crippen molar-refractivity contribution < 1.29 is 4.79 Å². The third-order valence-electron chi connectivity index (χ3n) is 4.11. The van der Waals surface area contributed by atoms with Gasteiger partial charge in [-0.2, -0.15) is 0 Å². The average molecular weight is 281 g/mol. The molecule has 19 heavy (non-hydrogen) atoms. The van der Waals surface area contributed by atoms with Gasteiger partial charge in [0.1, 0.15) is 0 Å². The maximum atomic E-state index is 12.0. The Bertz CT molecular complexity index is 428. The van der Waals surface area contributed by atoms with Gasteiger partial charge in [0.2, 0.25) is 0 Å². The minimum Gasteiger partial charge on any atom is -0.352 e. The van der Waals surface area contributed by atoms with Gasteiger partial charge in [0, 0.05) is 18.9 Å². The highest BCUT2D eigenvalue weighted by molar-refractivity contribution is 6.33. The summed E-state index contributed by atoms with van der Waals surface area (Å²) in [6.45, 7) is 3.01. The molecular formula is C15H21ClN2O. The van der Waals surface area contributed by atoms with Gasteiger partial charge in [-0.25, -0.2) is 0 Å². The minimum absolute atomic E-state index is 0.115. The van der Waals surface area contributed by atoms with Crippen LogP contribution in [0.3, 0.4) is 0 Å². The van der Waals surface area contributed by atoms with Gasteiger partial charge >= 0.3 is 0 Å². The van der Waals surface area contributed by atoms with E-state index in [9.17, 15) is 4.79 Å². The second kappa shape index (κ2) is 6.90. The molecule has 104 valence electrons. The standard InChI is InChI=1S/C15H21ClN2O/c1-2-11-3-5-12(6-4-11)9-18-15(19)13-10-17-8-7-14(13)16/h7-8,10-12H,2-6,9H2,1H3,(H,18,19). The SMILES string of the molecule is CCC1CCC(CNC(=O)c2cnccc2Cl)CC1. The molecule has 1 aromatic heterocycles. The van der Waals surface area contributed by atoms with Crippen LogP contribution in [0.1, 0.15) is 49.4 Å². The highest BCUT2D eigenvalue weighted by atomic mass is 35.5. The third kappa shape index (κ3) is 3.93. The molecule has 0 saturated heterocycles. The first-order valence-corrected chi connectivity index (χ1v) is 7.46. The van der Waals surface area contributed by atoms with Crippen LogP contribution in [0, 0.1) is 11.8 Å². The molecular weight excluding hydrogens is 260 g/mol. The number of rotatable bonds is 4. The summed E-state index contributed by atoms with van der Waals surface area (Å²) < 4.78 is 0. The van der Waals surface area contributed by atoms with Crippen LogP contribution < -0.4 is 5.32 Å². The van der Waals surface area contributed by atoms with E-state index < -0.39 is 0 Å². The van der Waals surface area contributed by atoms with Crippen molar-refractivity contribution in [3.05, 3.63) is 29.0 Å². The van der Waals surface area contributed by atoms with Gasteiger partial charge in [-0.1, -0.05) is 37.8 Å². The number of nitrogens with one attached hydrogen (secondary N) is 1. The fourth-order valence-corrected chi connectivity index (χ4v) is 2.91. The Morgan fingerprint density at radius 2 is 2.05 bits per heavy atom. The largest absolute Gasteiger partial charge is 0.352 e. The van der Waals surface area contributed by atoms with Crippen LogP contribution in [0.2, 0.25) is 5.02 Å². The van der Waals surface area contributed by atoms with Crippen molar-refractivity contribution in [2.75, 3.05) is 6.54 Å². The van der Waals surface area contributed by atoms with E-state index in [4.69, 9.17) is 11.6 Å². The number of carbonyl (C=O) groups excluding carboxylic acids is 1. The second-order valence-corrected chi connectivity index (χ2v) is 5.77. The van der Waals surface area contributed by atoms with Crippen LogP contribution in [-0.4, -0.2) is 17.4 Å². The van der Waals surface area contributed by atoms with Crippen LogP contribution in [0.5, 0.6) is 0 Å². The van der Waals surface area contributed by atoms with Crippen molar-refractivity contribution in [1.29, 1.82) is 0 Å². The topological polar surface area (TPSA) is 42.0 Å². The molecule has 0 spiro atoms. The van der Waals surface area contributed by atoms with Crippen LogP contribution in [0.15, 0.2) is 18.5 Å². The molecule has 1 fully saturated rings. The number of aromatic nitrogens is 1. The molecule has 0 radical (unpaired) electrons. The molecule has 4 heteroatoms. The molecule has 0 aliphatic heterocycles. The summed E-state index contributed by atoms with van der Waals surface area (Å²) in [6, 6.07) is 1.64. The number of hydrogen-bond donors (Lipinski definition) is 1. The summed E-state index contributed by atoms with van der Waals surface area (Å²) in [4.78, 5) is 15.9. The molecule has 0 atom stereocenters. The Hall–Kier alpha value is -1.09. The molecule has 0 bridgehead atoms. The number of carbonyl (C=O) groups is 1. The Balaban J connectivity index is 1.80. The molecule has 0 unspecified atom stereocenters. The lowest BCUT2D eigenvalue weighted by Gasteiger charge is -2.27. The van der Waals surface area contributed by atoms with Gasteiger partial charge in [0.05, 0.1) is 10.6 Å². The average Bonchev–Trinajstić information content (AvgIpc) is 2.46. The molecule has 1 aliphatic rings. The second-order valence-electron chi connectivity index (χ2n) is 5.36. The number of pyridine rings is 1. The maximum Gasteiger partial charge on any atom is 0.254 e. The summed E-state index contributed by atoms with van der Waals surface area (Å²) in [6.07, 6.45) is 9.43. The van der Waals surface area contributed by atoms with E-state index in [1.165, 1.54) is 38.3 Å². The Morgan fingerprint density at radius 3 is 2.68 bits per heavy atom. The van der Waals surface area contributed by atoms with Gasteiger partial charge in [-0.15, -0.1) is 0 Å². The fraction of sp³-hybridized carbons (Fsp3) is 0.600. The van der Waals surface area contributed by atoms with E-state index in [1.807, 2.05) is 0 Å². The first-order valence-electron chi connectivity index (χ1n) is 7.08. The molecule has 1 aliphatic carbocycles. The first kappa shape index (κ1) is 14.3. The van der Waals surface area contributed by atoms with Crippen molar-refractivity contribution in [2.45, 2.75) is 39.0 Å². The van der Waals surface area contributed by atoms with Gasteiger partial charge in [0.25, 0.3) is 5.91 Å². The maximum absolute atomic E-state index is 12.0. The van der Waals surface area contributed by atoms with Crippen molar-refractivity contribution in [3.8, 4) is 0 Å². The predicted octanol–water partition coefficient (Wildman–Crippen LogP) is 3.68. The quantitative estimate of drug-likeness (QED) is 0.914. The van der Waals surface area contributed by atoms with Gasteiger partial charge in [0.15, 0.2) is 0 Å². The van der Waals surface area contributed by atoms with Gasteiger partial charge in [-0.05, 0) is 30.7 Å². The molecule has 1 aromatic rings. The molecule has 1 amide bonds. The highest BCUT2D eigenvalue weighted by Gasteiger charge is 2.20. The smallest absolute Gasteiger partial charge is 0.254 e. The molecule has 2 rings (SSSR count). The van der Waals surface area contributed by atoms with E-state index in [2.05, 4.69) is 17.2 Å². The molecule has 1 N–H and O–H groups in total. The summed E-state index contributed by atoms with van der Waals surface area (Å²) in [5, 5.41) is 3.44. The molecule has 1 saturated carbocycles. The van der Waals surface area contributed by atoms with Crippen molar-refractivity contribution in [2.24, 2.45) is 11.8 Å². The zero-order valence-electron chi connectivity index (χ0n) is 11.4. The lowest BCUT2D eigenvalue weighted by molar-refractivity contribution is 0.0941. The molecule has 1 heterocycles. The summed E-state index contributed by atoms with van der Waals surface area (Å²) in [7, 11) is 0. The Labute approximate surface area is 119 Å². The monoisotopic (exact) mass is 280 g/mol. The van der Waals surface area contributed by atoms with Gasteiger partial charge < -0.3 is 5.32 Å². The lowest BCUT2D eigenvalue weighted by Crippen LogP contribution is -2.31. The number of hydrogen-bond acceptors (Lipinski definition) is 2. The Morgan fingerprint density at radius 1 is 1.37 bits per heavy atom. The predicted molar refractivity (Wildman–Crippen MR) is 77.3 cm³/mol. The number of halogens is 1. The van der Waals surface area contributed by atoms with Crippen molar-refractivity contribution in [1.82, 2.24) is 10.3 Å². The van der Waals surface area contributed by atoms with Crippen LogP contribution in [0.4, 0.5) is 0 Å². The van der Waals surface area contributed by atoms with Crippen LogP contribution in [0.25, 0.3) is 0 Å². The molecule has 3 nitrogen and oxygen atoms in total. The Kier molecular flexibility index (Phi) is 5.20. The summed E-state index contributed by atoms with van der Waals surface area (Å²) in [5.74, 6) is 1.39. The number of nitrogens with zero attached hydrogens (tertiary/aromatic N) is 1. The summed E-state index contributed by atoms with van der Waals surface area (Å²) in [5.41, 5.74) is 0.464. The van der Waals surface area contributed by atoms with Crippen molar-refractivity contribution in [3.63, 3.8) is 0 Å². The third-order valence-corrected chi connectivity index (χ3v) is 4.44. The zero-order valence-corrected chi connectivity index (χ0v) is 12.1. The first-order chi connectivity index (χ1) is 9.20.